The summed E-state index contributed by atoms with van der Waals surface area (Å²) < 4.78 is 2.11. The molecule has 25 heavy (non-hydrogen) atoms. The number of aromatic nitrogens is 2. The van der Waals surface area contributed by atoms with E-state index in [1.807, 2.05) is 29.3 Å². The first kappa shape index (κ1) is 16.5. The van der Waals surface area contributed by atoms with Crippen molar-refractivity contribution in [1.29, 1.82) is 0 Å². The molecule has 134 valence electrons. The fourth-order valence-corrected chi connectivity index (χ4v) is 4.19. The van der Waals surface area contributed by atoms with Gasteiger partial charge in [-0.05, 0) is 59.1 Å². The quantitative estimate of drug-likeness (QED) is 0.855. The van der Waals surface area contributed by atoms with Gasteiger partial charge in [-0.3, -0.25) is 9.69 Å². The van der Waals surface area contributed by atoms with Gasteiger partial charge < -0.3 is 14.2 Å². The number of imidazole rings is 1. The van der Waals surface area contributed by atoms with E-state index in [1.54, 1.807) is 0 Å². The van der Waals surface area contributed by atoms with Crippen LogP contribution in [0, 0.1) is 0 Å². The van der Waals surface area contributed by atoms with Crippen LogP contribution in [-0.2, 0) is 0 Å². The maximum Gasteiger partial charge on any atom is 0.274 e. The van der Waals surface area contributed by atoms with E-state index in [1.165, 1.54) is 6.42 Å². The molecule has 0 aliphatic carbocycles. The van der Waals surface area contributed by atoms with Crippen molar-refractivity contribution in [3.8, 4) is 0 Å². The highest BCUT2D eigenvalue weighted by atomic mass is 16.2. The van der Waals surface area contributed by atoms with Gasteiger partial charge in [-0.25, -0.2) is 4.98 Å². The van der Waals surface area contributed by atoms with E-state index in [4.69, 9.17) is 4.98 Å². The minimum Gasteiger partial charge on any atom is -0.336 e. The summed E-state index contributed by atoms with van der Waals surface area (Å²) in [5.41, 5.74) is 1.53. The standard InChI is InChI=1S/C19H27N5O/c1-21(2)14-9-12-23(13-14)19(25)17-15-7-4-5-11-24(15)18(20-17)16-8-6-10-22(16)3/h4-5,7,11,14,16H,6,8-10,12-13H2,1-3H3/t14-,16+/m0/s1. The summed E-state index contributed by atoms with van der Waals surface area (Å²) in [6.45, 7) is 2.69. The van der Waals surface area contributed by atoms with Crippen LogP contribution in [0.2, 0.25) is 0 Å². The second-order valence-electron chi connectivity index (χ2n) is 7.57. The number of fused-ring (bicyclic) bond motifs is 1. The van der Waals surface area contributed by atoms with Gasteiger partial charge in [-0.2, -0.15) is 0 Å². The topological polar surface area (TPSA) is 44.1 Å². The molecule has 2 aromatic rings. The lowest BCUT2D eigenvalue weighted by molar-refractivity contribution is 0.0779. The Morgan fingerprint density at radius 2 is 2.08 bits per heavy atom. The number of hydrogen-bond acceptors (Lipinski definition) is 4. The molecule has 0 unspecified atom stereocenters. The number of likely N-dealkylation sites (N-methyl/N-ethyl adjacent to an activating group) is 1. The number of carbonyl (C=O) groups excluding carboxylic acids is 1. The van der Waals surface area contributed by atoms with E-state index in [2.05, 4.69) is 35.3 Å². The molecule has 0 radical (unpaired) electrons. The molecule has 2 aliphatic rings. The van der Waals surface area contributed by atoms with Crippen LogP contribution in [0.1, 0.15) is 41.6 Å². The van der Waals surface area contributed by atoms with E-state index in [0.29, 0.717) is 17.8 Å². The van der Waals surface area contributed by atoms with Crippen molar-refractivity contribution in [2.75, 3.05) is 40.8 Å². The van der Waals surface area contributed by atoms with E-state index in [9.17, 15) is 4.79 Å². The minimum absolute atomic E-state index is 0.0694. The molecular weight excluding hydrogens is 314 g/mol. The first-order valence-electron chi connectivity index (χ1n) is 9.19. The number of carbonyl (C=O) groups is 1. The van der Waals surface area contributed by atoms with Gasteiger partial charge in [0.05, 0.1) is 11.6 Å². The maximum absolute atomic E-state index is 13.2. The van der Waals surface area contributed by atoms with Gasteiger partial charge in [-0.15, -0.1) is 0 Å². The zero-order valence-corrected chi connectivity index (χ0v) is 15.4. The largest absolute Gasteiger partial charge is 0.336 e. The van der Waals surface area contributed by atoms with Crippen LogP contribution >= 0.6 is 0 Å². The molecule has 6 heteroatoms. The Kier molecular flexibility index (Phi) is 4.25. The number of amides is 1. The summed E-state index contributed by atoms with van der Waals surface area (Å²) in [6.07, 6.45) is 5.35. The van der Waals surface area contributed by atoms with Crippen molar-refractivity contribution in [1.82, 2.24) is 24.1 Å². The SMILES string of the molecule is CN(C)[C@H]1CCN(C(=O)c2nc([C@H]3CCCN3C)n3ccccc23)C1. The second-order valence-corrected chi connectivity index (χ2v) is 7.57. The van der Waals surface area contributed by atoms with Gasteiger partial charge in [-0.1, -0.05) is 6.07 Å². The van der Waals surface area contributed by atoms with Crippen LogP contribution in [0.25, 0.3) is 5.52 Å². The highest BCUT2D eigenvalue weighted by molar-refractivity contribution is 5.99. The van der Waals surface area contributed by atoms with Crippen LogP contribution in [0.5, 0.6) is 0 Å². The first-order valence-corrected chi connectivity index (χ1v) is 9.19. The molecule has 2 fully saturated rings. The lowest BCUT2D eigenvalue weighted by atomic mass is 10.2. The molecule has 2 atom stereocenters. The number of rotatable bonds is 3. The smallest absolute Gasteiger partial charge is 0.274 e. The Morgan fingerprint density at radius 1 is 1.24 bits per heavy atom. The molecule has 0 spiro atoms. The highest BCUT2D eigenvalue weighted by Gasteiger charge is 2.33. The van der Waals surface area contributed by atoms with Crippen LogP contribution in [0.4, 0.5) is 0 Å². The summed E-state index contributed by atoms with van der Waals surface area (Å²) in [5, 5.41) is 0. The van der Waals surface area contributed by atoms with Crippen molar-refractivity contribution in [2.45, 2.75) is 31.3 Å². The molecule has 2 aliphatic heterocycles. The van der Waals surface area contributed by atoms with Crippen molar-refractivity contribution >= 4 is 11.4 Å². The molecular formula is C19H27N5O. The molecule has 4 heterocycles. The fraction of sp³-hybridized carbons (Fsp3) is 0.579. The predicted octanol–water partition coefficient (Wildman–Crippen LogP) is 1.88. The van der Waals surface area contributed by atoms with Crippen LogP contribution in [-0.4, -0.2) is 76.8 Å². The normalized spacial score (nSPS) is 24.7. The minimum atomic E-state index is 0.0694. The van der Waals surface area contributed by atoms with Crippen molar-refractivity contribution < 1.29 is 4.79 Å². The summed E-state index contributed by atoms with van der Waals surface area (Å²) in [7, 11) is 6.31. The number of likely N-dealkylation sites (tertiary alicyclic amines) is 2. The lowest BCUT2D eigenvalue weighted by Crippen LogP contribution is -2.34. The number of nitrogens with zero attached hydrogens (tertiary/aromatic N) is 5. The number of hydrogen-bond donors (Lipinski definition) is 0. The Labute approximate surface area is 149 Å². The summed E-state index contributed by atoms with van der Waals surface area (Å²) in [5.74, 6) is 1.07. The summed E-state index contributed by atoms with van der Waals surface area (Å²) in [6, 6.07) is 6.75. The van der Waals surface area contributed by atoms with Crippen molar-refractivity contribution in [3.05, 3.63) is 35.9 Å². The average Bonchev–Trinajstić information content (AvgIpc) is 3.32. The third-order valence-corrected chi connectivity index (χ3v) is 5.78. The van der Waals surface area contributed by atoms with Gasteiger partial charge in [0.25, 0.3) is 5.91 Å². The predicted molar refractivity (Wildman–Crippen MR) is 97.8 cm³/mol. The van der Waals surface area contributed by atoms with E-state index in [-0.39, 0.29) is 5.91 Å². The fourth-order valence-electron chi connectivity index (χ4n) is 4.19. The Bertz CT molecular complexity index is 783. The van der Waals surface area contributed by atoms with Crippen LogP contribution in [0.3, 0.4) is 0 Å². The van der Waals surface area contributed by atoms with Gasteiger partial charge in [0, 0.05) is 25.3 Å². The lowest BCUT2D eigenvalue weighted by Gasteiger charge is -2.20. The molecule has 1 amide bonds. The maximum atomic E-state index is 13.2. The Balaban J connectivity index is 1.69. The third kappa shape index (κ3) is 2.83. The molecule has 6 nitrogen and oxygen atoms in total. The zero-order chi connectivity index (χ0) is 17.6. The first-order chi connectivity index (χ1) is 12.1. The molecule has 0 N–H and O–H groups in total. The molecule has 0 bridgehead atoms. The molecule has 2 aromatic heterocycles. The van der Waals surface area contributed by atoms with Gasteiger partial charge in [0.2, 0.25) is 0 Å². The summed E-state index contributed by atoms with van der Waals surface area (Å²) >= 11 is 0. The summed E-state index contributed by atoms with van der Waals surface area (Å²) in [4.78, 5) is 24.5. The Hall–Kier alpha value is -1.92. The van der Waals surface area contributed by atoms with Gasteiger partial charge >= 0.3 is 0 Å². The van der Waals surface area contributed by atoms with Crippen LogP contribution in [0.15, 0.2) is 24.4 Å². The average molecular weight is 341 g/mol. The molecule has 2 saturated heterocycles. The molecule has 4 rings (SSSR count). The van der Waals surface area contributed by atoms with Gasteiger partial charge in [0.15, 0.2) is 5.69 Å². The van der Waals surface area contributed by atoms with E-state index >= 15 is 0 Å². The zero-order valence-electron chi connectivity index (χ0n) is 15.4. The number of pyridine rings is 1. The third-order valence-electron chi connectivity index (χ3n) is 5.78. The van der Waals surface area contributed by atoms with E-state index in [0.717, 1.165) is 43.8 Å². The van der Waals surface area contributed by atoms with Crippen molar-refractivity contribution in [3.63, 3.8) is 0 Å². The molecule has 0 aromatic carbocycles. The second kappa shape index (κ2) is 6.42. The van der Waals surface area contributed by atoms with Crippen molar-refractivity contribution in [2.24, 2.45) is 0 Å². The monoisotopic (exact) mass is 341 g/mol. The van der Waals surface area contributed by atoms with E-state index < -0.39 is 0 Å². The Morgan fingerprint density at radius 3 is 2.76 bits per heavy atom. The molecule has 0 saturated carbocycles. The van der Waals surface area contributed by atoms with Gasteiger partial charge in [0.1, 0.15) is 5.82 Å². The highest BCUT2D eigenvalue weighted by Crippen LogP contribution is 2.31. The van der Waals surface area contributed by atoms with Crippen LogP contribution < -0.4 is 0 Å².